The largest absolute Gasteiger partial charge is 0.361 e. The molecule has 0 saturated carbocycles. The van der Waals surface area contributed by atoms with E-state index in [1.165, 1.54) is 0 Å². The SMILES string of the molecule is CCc1noc(C)c1C(=O)N1CC2CC(C1)CS(=O)(=NC(=O)c1cnc(F)cc1C)C2. The fourth-order valence-electron chi connectivity index (χ4n) is 4.64. The van der Waals surface area contributed by atoms with Gasteiger partial charge in [0.1, 0.15) is 11.3 Å². The lowest BCUT2D eigenvalue weighted by Crippen LogP contribution is -2.51. The second kappa shape index (κ2) is 8.14. The Hall–Kier alpha value is -2.62. The summed E-state index contributed by atoms with van der Waals surface area (Å²) < 4.78 is 35.9. The lowest BCUT2D eigenvalue weighted by molar-refractivity contribution is 0.0615. The standard InChI is InChI=1S/C21H25FN4O4S/c1-4-17-19(13(3)30-24-17)21(28)26-8-14-6-15(9-26)11-31(29,10-14)25-20(27)16-7-23-18(22)5-12(16)2/h5,7,14-15H,4,6,8-11H2,1-3H3. The van der Waals surface area contributed by atoms with Gasteiger partial charge in [-0.1, -0.05) is 12.1 Å². The quantitative estimate of drug-likeness (QED) is 0.669. The average molecular weight is 449 g/mol. The highest BCUT2D eigenvalue weighted by molar-refractivity contribution is 7.94. The van der Waals surface area contributed by atoms with Crippen molar-refractivity contribution in [1.29, 1.82) is 0 Å². The third-order valence-corrected chi connectivity index (χ3v) is 8.43. The number of rotatable bonds is 3. The maximum Gasteiger partial charge on any atom is 0.286 e. The first kappa shape index (κ1) is 21.6. The molecule has 2 amide bonds. The molecule has 0 N–H and O–H groups in total. The molecule has 2 aliphatic heterocycles. The molecule has 31 heavy (non-hydrogen) atoms. The highest BCUT2D eigenvalue weighted by Gasteiger charge is 2.40. The number of pyridine rings is 1. The molecule has 4 heterocycles. The van der Waals surface area contributed by atoms with Crippen LogP contribution < -0.4 is 0 Å². The van der Waals surface area contributed by atoms with E-state index in [9.17, 15) is 18.2 Å². The topological polar surface area (TPSA) is 106 Å². The Bertz CT molecular complexity index is 1150. The second-order valence-electron chi connectivity index (χ2n) is 8.42. The number of piperidine rings is 1. The van der Waals surface area contributed by atoms with E-state index in [4.69, 9.17) is 4.52 Å². The summed E-state index contributed by atoms with van der Waals surface area (Å²) >= 11 is 0. The van der Waals surface area contributed by atoms with Gasteiger partial charge in [0.15, 0.2) is 0 Å². The summed E-state index contributed by atoms with van der Waals surface area (Å²) in [6.45, 7) is 6.16. The molecule has 2 fully saturated rings. The molecular weight excluding hydrogens is 423 g/mol. The van der Waals surface area contributed by atoms with Gasteiger partial charge in [0.2, 0.25) is 5.95 Å². The molecule has 2 unspecified atom stereocenters. The van der Waals surface area contributed by atoms with Crippen molar-refractivity contribution in [1.82, 2.24) is 15.0 Å². The summed E-state index contributed by atoms with van der Waals surface area (Å²) in [4.78, 5) is 31.0. The molecule has 10 heteroatoms. The Labute approximate surface area is 180 Å². The minimum absolute atomic E-state index is 0.00168. The number of aryl methyl sites for hydroxylation is 3. The normalized spacial score (nSPS) is 25.4. The Morgan fingerprint density at radius 2 is 1.97 bits per heavy atom. The molecule has 0 aromatic carbocycles. The van der Waals surface area contributed by atoms with Crippen LogP contribution in [0.4, 0.5) is 4.39 Å². The minimum Gasteiger partial charge on any atom is -0.361 e. The maximum atomic E-state index is 13.4. The van der Waals surface area contributed by atoms with E-state index in [0.717, 1.165) is 18.7 Å². The van der Waals surface area contributed by atoms with Gasteiger partial charge in [-0.3, -0.25) is 9.59 Å². The number of hydrogen-bond acceptors (Lipinski definition) is 6. The number of fused-ring (bicyclic) bond motifs is 2. The van der Waals surface area contributed by atoms with Crippen molar-refractivity contribution in [3.63, 3.8) is 0 Å². The Balaban J connectivity index is 1.53. The van der Waals surface area contributed by atoms with E-state index in [-0.39, 0.29) is 34.8 Å². The van der Waals surface area contributed by atoms with E-state index in [1.807, 2.05) is 6.92 Å². The maximum absolute atomic E-state index is 13.4. The summed E-state index contributed by atoms with van der Waals surface area (Å²) in [5.74, 6) is -0.396. The van der Waals surface area contributed by atoms with Gasteiger partial charge in [-0.15, -0.1) is 0 Å². The van der Waals surface area contributed by atoms with Crippen LogP contribution in [0.5, 0.6) is 0 Å². The number of amides is 2. The van der Waals surface area contributed by atoms with Crippen molar-refractivity contribution in [2.24, 2.45) is 16.2 Å². The smallest absolute Gasteiger partial charge is 0.286 e. The predicted molar refractivity (Wildman–Crippen MR) is 112 cm³/mol. The molecule has 2 bridgehead atoms. The van der Waals surface area contributed by atoms with Crippen molar-refractivity contribution in [2.75, 3.05) is 24.6 Å². The van der Waals surface area contributed by atoms with Crippen LogP contribution in [0.25, 0.3) is 0 Å². The van der Waals surface area contributed by atoms with Crippen molar-refractivity contribution < 1.29 is 22.7 Å². The number of nitrogens with zero attached hydrogens (tertiary/aromatic N) is 4. The van der Waals surface area contributed by atoms with Gasteiger partial charge >= 0.3 is 0 Å². The average Bonchev–Trinajstić information content (AvgIpc) is 3.06. The minimum atomic E-state index is -2.76. The fraction of sp³-hybridized carbons (Fsp3) is 0.524. The second-order valence-corrected chi connectivity index (χ2v) is 10.8. The number of aromatic nitrogens is 2. The zero-order valence-corrected chi connectivity index (χ0v) is 18.6. The number of carbonyl (C=O) groups is 2. The Kier molecular flexibility index (Phi) is 5.67. The van der Waals surface area contributed by atoms with E-state index in [1.54, 1.807) is 18.7 Å². The predicted octanol–water partition coefficient (Wildman–Crippen LogP) is 2.79. The van der Waals surface area contributed by atoms with Gasteiger partial charge in [-0.25, -0.2) is 9.19 Å². The lowest BCUT2D eigenvalue weighted by Gasteiger charge is -2.42. The van der Waals surface area contributed by atoms with Crippen molar-refractivity contribution in [3.05, 3.63) is 46.4 Å². The fourth-order valence-corrected chi connectivity index (χ4v) is 7.28. The number of halogens is 1. The van der Waals surface area contributed by atoms with Gasteiger partial charge in [0.25, 0.3) is 11.8 Å². The molecule has 2 aliphatic rings. The van der Waals surface area contributed by atoms with Crippen LogP contribution in [0, 0.1) is 31.6 Å². The van der Waals surface area contributed by atoms with Gasteiger partial charge in [-0.05, 0) is 50.2 Å². The van der Waals surface area contributed by atoms with Gasteiger partial charge in [0.05, 0.1) is 21.0 Å². The van der Waals surface area contributed by atoms with Crippen LogP contribution in [-0.4, -0.2) is 55.7 Å². The summed E-state index contributed by atoms with van der Waals surface area (Å²) in [6, 6.07) is 1.16. The van der Waals surface area contributed by atoms with E-state index in [0.29, 0.717) is 42.1 Å². The first-order chi connectivity index (χ1) is 14.7. The number of likely N-dealkylation sites (tertiary alicyclic amines) is 1. The molecule has 0 aliphatic carbocycles. The van der Waals surface area contributed by atoms with E-state index >= 15 is 0 Å². The highest BCUT2D eigenvalue weighted by Crippen LogP contribution is 2.33. The van der Waals surface area contributed by atoms with Crippen LogP contribution in [0.3, 0.4) is 0 Å². The Morgan fingerprint density at radius 3 is 2.58 bits per heavy atom. The van der Waals surface area contributed by atoms with Crippen molar-refractivity contribution >= 4 is 21.5 Å². The zero-order valence-electron chi connectivity index (χ0n) is 17.8. The monoisotopic (exact) mass is 448 g/mol. The summed E-state index contributed by atoms with van der Waals surface area (Å²) in [7, 11) is -2.76. The van der Waals surface area contributed by atoms with Gasteiger partial charge < -0.3 is 9.42 Å². The Morgan fingerprint density at radius 1 is 1.29 bits per heavy atom. The van der Waals surface area contributed by atoms with Crippen LogP contribution in [0.1, 0.15) is 51.1 Å². The van der Waals surface area contributed by atoms with Crippen molar-refractivity contribution in [2.45, 2.75) is 33.6 Å². The third-order valence-electron chi connectivity index (χ3n) is 5.94. The van der Waals surface area contributed by atoms with E-state index in [2.05, 4.69) is 14.5 Å². The first-order valence-corrected chi connectivity index (χ1v) is 12.2. The van der Waals surface area contributed by atoms with Gasteiger partial charge in [-0.2, -0.15) is 8.75 Å². The highest BCUT2D eigenvalue weighted by atomic mass is 32.2. The number of hydrogen-bond donors (Lipinski definition) is 0. The molecular formula is C21H25FN4O4S. The third kappa shape index (κ3) is 4.26. The van der Waals surface area contributed by atoms with E-state index < -0.39 is 21.6 Å². The number of carbonyl (C=O) groups excluding carboxylic acids is 2. The molecule has 2 aromatic heterocycles. The van der Waals surface area contributed by atoms with Crippen LogP contribution in [0.15, 0.2) is 21.1 Å². The molecule has 166 valence electrons. The first-order valence-electron chi connectivity index (χ1n) is 10.3. The molecule has 2 aromatic rings. The van der Waals surface area contributed by atoms with Crippen molar-refractivity contribution in [3.8, 4) is 0 Å². The van der Waals surface area contributed by atoms with Crippen LogP contribution in [-0.2, 0) is 16.1 Å². The summed E-state index contributed by atoms with van der Waals surface area (Å²) in [6.07, 6.45) is 2.59. The molecule has 2 saturated heterocycles. The van der Waals surface area contributed by atoms with Crippen LogP contribution >= 0.6 is 0 Å². The molecule has 2 atom stereocenters. The molecule has 8 nitrogen and oxygen atoms in total. The molecule has 4 rings (SSSR count). The molecule has 0 radical (unpaired) electrons. The van der Waals surface area contributed by atoms with Crippen LogP contribution in [0.2, 0.25) is 0 Å². The zero-order chi connectivity index (χ0) is 22.3. The summed E-state index contributed by atoms with van der Waals surface area (Å²) in [5, 5.41) is 3.97. The van der Waals surface area contributed by atoms with Gasteiger partial charge in [0, 0.05) is 30.8 Å². The summed E-state index contributed by atoms with van der Waals surface area (Å²) in [5.41, 5.74) is 1.73. The molecule has 0 spiro atoms. The lowest BCUT2D eigenvalue weighted by atomic mass is 9.90.